The molecule has 80 valence electrons. The third-order valence-electron chi connectivity index (χ3n) is 2.42. The standard InChI is InChI=1S/C11H8N2O3/c1-14-7-2-3-9-6(4-7)5-8-10(12)16-13-11(8)15-9/h2-5,12H,1H3. The molecule has 16 heavy (non-hydrogen) atoms. The van der Waals surface area contributed by atoms with Crippen LogP contribution in [0.1, 0.15) is 0 Å². The van der Waals surface area contributed by atoms with Crippen LogP contribution in [0.5, 0.6) is 5.75 Å². The van der Waals surface area contributed by atoms with Gasteiger partial charge in [0.25, 0.3) is 11.4 Å². The van der Waals surface area contributed by atoms with E-state index in [4.69, 9.17) is 19.1 Å². The van der Waals surface area contributed by atoms with Gasteiger partial charge in [-0.05, 0) is 29.4 Å². The lowest BCUT2D eigenvalue weighted by atomic mass is 10.2. The summed E-state index contributed by atoms with van der Waals surface area (Å²) >= 11 is 0. The molecule has 0 unspecified atom stereocenters. The number of hydrogen-bond acceptors (Lipinski definition) is 5. The van der Waals surface area contributed by atoms with Crippen molar-refractivity contribution in [2.75, 3.05) is 7.11 Å². The predicted octanol–water partition coefficient (Wildman–Crippen LogP) is 2.01. The van der Waals surface area contributed by atoms with E-state index in [0.29, 0.717) is 17.0 Å². The van der Waals surface area contributed by atoms with E-state index >= 15 is 0 Å². The van der Waals surface area contributed by atoms with Gasteiger partial charge in [-0.1, -0.05) is 0 Å². The zero-order chi connectivity index (χ0) is 11.1. The van der Waals surface area contributed by atoms with E-state index in [0.717, 1.165) is 11.1 Å². The van der Waals surface area contributed by atoms with Crippen LogP contribution in [0.25, 0.3) is 22.4 Å². The molecule has 1 aromatic carbocycles. The van der Waals surface area contributed by atoms with Gasteiger partial charge in [0.05, 0.1) is 7.11 Å². The van der Waals surface area contributed by atoms with Crippen molar-refractivity contribution in [2.24, 2.45) is 0 Å². The average molecular weight is 216 g/mol. The third-order valence-corrected chi connectivity index (χ3v) is 2.42. The first-order valence-corrected chi connectivity index (χ1v) is 4.70. The van der Waals surface area contributed by atoms with Gasteiger partial charge >= 0.3 is 0 Å². The Balaban J connectivity index is 2.41. The smallest absolute Gasteiger partial charge is 0.269 e. The molecule has 3 rings (SSSR count). The Hall–Kier alpha value is -2.30. The Morgan fingerprint density at radius 2 is 2.19 bits per heavy atom. The maximum atomic E-state index is 7.50. The fourth-order valence-corrected chi connectivity index (χ4v) is 1.60. The van der Waals surface area contributed by atoms with Crippen LogP contribution in [-0.2, 0) is 0 Å². The Kier molecular flexibility index (Phi) is 1.73. The molecule has 2 aliphatic heterocycles. The number of aromatic nitrogens is 1. The van der Waals surface area contributed by atoms with E-state index in [-0.39, 0.29) is 5.55 Å². The zero-order valence-electron chi connectivity index (χ0n) is 8.48. The van der Waals surface area contributed by atoms with Gasteiger partial charge in [0.2, 0.25) is 0 Å². The summed E-state index contributed by atoms with van der Waals surface area (Å²) in [5.74, 6) is 1.08. The number of nitrogens with zero attached hydrogens (tertiary/aromatic N) is 1. The van der Waals surface area contributed by atoms with E-state index < -0.39 is 0 Å². The van der Waals surface area contributed by atoms with Crippen molar-refractivity contribution in [2.45, 2.75) is 0 Å². The molecule has 1 N–H and O–H groups in total. The molecule has 2 aliphatic rings. The maximum absolute atomic E-state index is 7.50. The number of nitrogens with one attached hydrogen (secondary N) is 1. The first-order chi connectivity index (χ1) is 7.78. The molecule has 0 spiro atoms. The summed E-state index contributed by atoms with van der Waals surface area (Å²) in [6, 6.07) is 7.24. The highest BCUT2D eigenvalue weighted by atomic mass is 16.5. The maximum Gasteiger partial charge on any atom is 0.269 e. The van der Waals surface area contributed by atoms with E-state index in [1.165, 1.54) is 0 Å². The summed E-state index contributed by atoms with van der Waals surface area (Å²) in [5.41, 5.74) is 1.24. The van der Waals surface area contributed by atoms with Gasteiger partial charge in [-0.2, -0.15) is 0 Å². The van der Waals surface area contributed by atoms with Crippen molar-refractivity contribution in [1.82, 2.24) is 5.16 Å². The van der Waals surface area contributed by atoms with E-state index in [1.54, 1.807) is 25.3 Å². The number of hydrogen-bond donors (Lipinski definition) is 1. The van der Waals surface area contributed by atoms with Crippen LogP contribution in [0.2, 0.25) is 0 Å². The molecule has 0 aliphatic carbocycles. The summed E-state index contributed by atoms with van der Waals surface area (Å²) < 4.78 is 15.3. The van der Waals surface area contributed by atoms with Crippen molar-refractivity contribution in [1.29, 1.82) is 5.41 Å². The molecule has 0 saturated heterocycles. The molecular formula is C11H8N2O3. The normalized spacial score (nSPS) is 11.1. The molecule has 5 nitrogen and oxygen atoms in total. The third kappa shape index (κ3) is 1.18. The number of ether oxygens (including phenoxy) is 1. The van der Waals surface area contributed by atoms with Gasteiger partial charge in [0.1, 0.15) is 16.9 Å². The summed E-state index contributed by atoms with van der Waals surface area (Å²) in [6.45, 7) is 0. The van der Waals surface area contributed by atoms with E-state index in [2.05, 4.69) is 5.16 Å². The summed E-state index contributed by atoms with van der Waals surface area (Å²) in [4.78, 5) is 0. The van der Waals surface area contributed by atoms with Gasteiger partial charge < -0.3 is 13.7 Å². The first-order valence-electron chi connectivity index (χ1n) is 4.70. The van der Waals surface area contributed by atoms with Crippen LogP contribution < -0.4 is 10.3 Å². The second kappa shape index (κ2) is 3.10. The number of rotatable bonds is 1. The Labute approximate surface area is 90.1 Å². The van der Waals surface area contributed by atoms with Crippen LogP contribution in [0.4, 0.5) is 0 Å². The molecule has 0 aromatic heterocycles. The fourth-order valence-electron chi connectivity index (χ4n) is 1.60. The van der Waals surface area contributed by atoms with Gasteiger partial charge in [0.15, 0.2) is 0 Å². The second-order valence-electron chi connectivity index (χ2n) is 3.38. The lowest BCUT2D eigenvalue weighted by Crippen LogP contribution is -1.95. The van der Waals surface area contributed by atoms with Crippen LogP contribution in [-0.4, -0.2) is 12.3 Å². The minimum absolute atomic E-state index is 0.00321. The van der Waals surface area contributed by atoms with Crippen LogP contribution in [0.3, 0.4) is 0 Å². The highest BCUT2D eigenvalue weighted by Gasteiger charge is 2.14. The molecule has 1 aromatic rings. The predicted molar refractivity (Wildman–Crippen MR) is 55.3 cm³/mol. The lowest BCUT2D eigenvalue weighted by Gasteiger charge is -2.02. The summed E-state index contributed by atoms with van der Waals surface area (Å²) in [5, 5.41) is 12.0. The number of methoxy groups -OCH3 is 1. The Bertz CT molecular complexity index is 683. The highest BCUT2D eigenvalue weighted by molar-refractivity contribution is 5.82. The topological polar surface area (TPSA) is 72.2 Å². The van der Waals surface area contributed by atoms with Crippen LogP contribution >= 0.6 is 0 Å². The summed E-state index contributed by atoms with van der Waals surface area (Å²) in [7, 11) is 1.60. The van der Waals surface area contributed by atoms with Crippen molar-refractivity contribution in [3.63, 3.8) is 0 Å². The largest absolute Gasteiger partial charge is 0.497 e. The van der Waals surface area contributed by atoms with Crippen molar-refractivity contribution in [3.8, 4) is 17.2 Å². The quantitative estimate of drug-likeness (QED) is 0.675. The molecule has 0 radical (unpaired) electrons. The number of benzene rings is 1. The van der Waals surface area contributed by atoms with Crippen molar-refractivity contribution < 1.29 is 13.7 Å². The first kappa shape index (κ1) is 8.96. The van der Waals surface area contributed by atoms with Crippen LogP contribution in [0, 0.1) is 5.41 Å². The molecule has 2 heterocycles. The Morgan fingerprint density at radius 1 is 1.31 bits per heavy atom. The minimum Gasteiger partial charge on any atom is -0.497 e. The molecular weight excluding hydrogens is 208 g/mol. The zero-order valence-corrected chi connectivity index (χ0v) is 8.48. The molecule has 0 saturated carbocycles. The van der Waals surface area contributed by atoms with Gasteiger partial charge in [-0.15, -0.1) is 0 Å². The van der Waals surface area contributed by atoms with E-state index in [1.807, 2.05) is 6.07 Å². The van der Waals surface area contributed by atoms with Gasteiger partial charge in [0, 0.05) is 5.39 Å². The minimum atomic E-state index is 0.00321. The van der Waals surface area contributed by atoms with Crippen molar-refractivity contribution >= 4 is 11.0 Å². The monoisotopic (exact) mass is 216 g/mol. The molecule has 0 atom stereocenters. The lowest BCUT2D eigenvalue weighted by molar-refractivity contribution is 0.368. The molecule has 0 bridgehead atoms. The van der Waals surface area contributed by atoms with Crippen molar-refractivity contribution in [3.05, 3.63) is 29.8 Å². The Morgan fingerprint density at radius 3 is 3.00 bits per heavy atom. The molecule has 5 heteroatoms. The number of fused-ring (bicyclic) bond motifs is 2. The fraction of sp³-hybridized carbons (Fsp3) is 0.0909. The average Bonchev–Trinajstić information content (AvgIpc) is 2.67. The summed E-state index contributed by atoms with van der Waals surface area (Å²) in [6.07, 6.45) is 0. The molecule has 0 amide bonds. The highest BCUT2D eigenvalue weighted by Crippen LogP contribution is 2.27. The SMILES string of the molecule is COc1ccc2oc3noc(=N)c-3cc2c1. The van der Waals surface area contributed by atoms with E-state index in [9.17, 15) is 0 Å². The molecule has 0 fully saturated rings. The van der Waals surface area contributed by atoms with Crippen LogP contribution in [0.15, 0.2) is 33.2 Å². The van der Waals surface area contributed by atoms with Gasteiger partial charge in [-0.25, -0.2) is 0 Å². The van der Waals surface area contributed by atoms with Gasteiger partial charge in [-0.3, -0.25) is 5.41 Å². The second-order valence-corrected chi connectivity index (χ2v) is 3.38.